The van der Waals surface area contributed by atoms with Crippen LogP contribution in [-0.2, 0) is 16.6 Å². The summed E-state index contributed by atoms with van der Waals surface area (Å²) < 4.78 is 35.0. The topological polar surface area (TPSA) is 79.3 Å². The zero-order valence-corrected chi connectivity index (χ0v) is 18.0. The number of amides is 1. The van der Waals surface area contributed by atoms with Crippen LogP contribution in [0.2, 0.25) is 0 Å². The lowest BCUT2D eigenvalue weighted by Gasteiger charge is -2.30. The number of ether oxygens (including phenoxy) is 1. The van der Waals surface area contributed by atoms with Crippen molar-refractivity contribution in [3.63, 3.8) is 0 Å². The fraction of sp³-hybridized carbons (Fsp3) is 0.364. The number of hydrogen-bond acceptors (Lipinski definition) is 5. The molecule has 2 aliphatic heterocycles. The standard InChI is InChI=1S/C22H25N3O4S/c1-24(15-17-8-5-6-9-19(17)29-2)22(26)16-11-12-18-20(14-16)30(27,28)23-21-10-4-3-7-13-25(18)21/h5-6,8-9,11-12,14H,3-4,7,10,13,15H2,1-2H3. The Morgan fingerprint density at radius 2 is 1.97 bits per heavy atom. The van der Waals surface area contributed by atoms with Gasteiger partial charge in [0, 0.05) is 37.7 Å². The molecule has 0 atom stereocenters. The number of para-hydroxylation sites is 1. The molecule has 2 heterocycles. The smallest absolute Gasteiger partial charge is 0.286 e. The van der Waals surface area contributed by atoms with E-state index in [1.165, 1.54) is 6.07 Å². The highest BCUT2D eigenvalue weighted by atomic mass is 32.2. The minimum atomic E-state index is -3.82. The molecule has 2 aromatic rings. The van der Waals surface area contributed by atoms with Gasteiger partial charge in [0.15, 0.2) is 0 Å². The number of sulfonamides is 1. The van der Waals surface area contributed by atoms with Crippen LogP contribution in [0.25, 0.3) is 0 Å². The number of hydrogen-bond donors (Lipinski definition) is 0. The second-order valence-corrected chi connectivity index (χ2v) is 9.17. The monoisotopic (exact) mass is 427 g/mol. The summed E-state index contributed by atoms with van der Waals surface area (Å²) in [6.45, 7) is 1.09. The highest BCUT2D eigenvalue weighted by Crippen LogP contribution is 2.35. The van der Waals surface area contributed by atoms with Crippen molar-refractivity contribution in [3.05, 3.63) is 53.6 Å². The molecule has 8 heteroatoms. The molecule has 0 N–H and O–H groups in total. The van der Waals surface area contributed by atoms with E-state index in [1.807, 2.05) is 29.2 Å². The molecule has 158 valence electrons. The third-order valence-corrected chi connectivity index (χ3v) is 6.88. The van der Waals surface area contributed by atoms with E-state index in [0.717, 1.165) is 31.4 Å². The molecule has 1 amide bonds. The van der Waals surface area contributed by atoms with Crippen LogP contribution in [0, 0.1) is 0 Å². The molecule has 1 fully saturated rings. The summed E-state index contributed by atoms with van der Waals surface area (Å²) in [6.07, 6.45) is 3.63. The van der Waals surface area contributed by atoms with Crippen molar-refractivity contribution in [1.29, 1.82) is 0 Å². The van der Waals surface area contributed by atoms with Crippen molar-refractivity contribution < 1.29 is 17.9 Å². The average Bonchev–Trinajstić information content (AvgIpc) is 2.98. The predicted molar refractivity (Wildman–Crippen MR) is 116 cm³/mol. The number of carbonyl (C=O) groups is 1. The summed E-state index contributed by atoms with van der Waals surface area (Å²) in [5.41, 5.74) is 1.81. The first-order valence-corrected chi connectivity index (χ1v) is 11.5. The van der Waals surface area contributed by atoms with Crippen molar-refractivity contribution in [2.45, 2.75) is 37.1 Å². The molecule has 0 aliphatic carbocycles. The number of anilines is 1. The summed E-state index contributed by atoms with van der Waals surface area (Å²) in [5, 5.41) is 0. The number of carbonyl (C=O) groups excluding carboxylic acids is 1. The molecule has 2 aromatic carbocycles. The lowest BCUT2D eigenvalue weighted by molar-refractivity contribution is 0.0784. The zero-order chi connectivity index (χ0) is 21.3. The molecule has 0 saturated carbocycles. The van der Waals surface area contributed by atoms with Crippen LogP contribution >= 0.6 is 0 Å². The number of amidine groups is 1. The molecule has 0 bridgehead atoms. The van der Waals surface area contributed by atoms with Crippen LogP contribution in [0.1, 0.15) is 41.6 Å². The second-order valence-electron chi connectivity index (χ2n) is 7.60. The molecule has 2 aliphatic rings. The SMILES string of the molecule is COc1ccccc1CN(C)C(=O)c1ccc2c(c1)S(=O)(=O)N=C1CCCCCN12. The van der Waals surface area contributed by atoms with E-state index in [-0.39, 0.29) is 10.8 Å². The largest absolute Gasteiger partial charge is 0.496 e. The Morgan fingerprint density at radius 3 is 2.77 bits per heavy atom. The van der Waals surface area contributed by atoms with Crippen LogP contribution < -0.4 is 9.64 Å². The van der Waals surface area contributed by atoms with E-state index < -0.39 is 10.0 Å². The van der Waals surface area contributed by atoms with E-state index >= 15 is 0 Å². The summed E-state index contributed by atoms with van der Waals surface area (Å²) in [5.74, 6) is 1.05. The Kier molecular flexibility index (Phi) is 5.51. The number of methoxy groups -OCH3 is 1. The van der Waals surface area contributed by atoms with Gasteiger partial charge in [0.25, 0.3) is 15.9 Å². The lowest BCUT2D eigenvalue weighted by atomic mass is 10.1. The number of fused-ring (bicyclic) bond motifs is 3. The van der Waals surface area contributed by atoms with E-state index in [1.54, 1.807) is 31.2 Å². The first kappa shape index (κ1) is 20.4. The zero-order valence-electron chi connectivity index (χ0n) is 17.2. The van der Waals surface area contributed by atoms with Crippen molar-refractivity contribution in [1.82, 2.24) is 4.90 Å². The van der Waals surface area contributed by atoms with Gasteiger partial charge in [-0.3, -0.25) is 4.79 Å². The number of benzene rings is 2. The van der Waals surface area contributed by atoms with Crippen molar-refractivity contribution >= 4 is 27.5 Å². The van der Waals surface area contributed by atoms with Gasteiger partial charge in [-0.2, -0.15) is 8.42 Å². The number of nitrogens with zero attached hydrogens (tertiary/aromatic N) is 3. The normalized spacial score (nSPS) is 17.3. The first-order valence-electron chi connectivity index (χ1n) is 10.0. The van der Waals surface area contributed by atoms with Gasteiger partial charge >= 0.3 is 0 Å². The highest BCUT2D eigenvalue weighted by molar-refractivity contribution is 7.90. The van der Waals surface area contributed by atoms with Gasteiger partial charge < -0.3 is 14.5 Å². The Balaban J connectivity index is 1.64. The van der Waals surface area contributed by atoms with Gasteiger partial charge in [-0.15, -0.1) is 4.40 Å². The van der Waals surface area contributed by atoms with Crippen molar-refractivity contribution in [2.24, 2.45) is 4.40 Å². The Morgan fingerprint density at radius 1 is 1.17 bits per heavy atom. The third-order valence-electron chi connectivity index (χ3n) is 5.54. The van der Waals surface area contributed by atoms with E-state index in [9.17, 15) is 13.2 Å². The van der Waals surface area contributed by atoms with E-state index in [2.05, 4.69) is 4.40 Å². The minimum absolute atomic E-state index is 0.102. The maximum atomic E-state index is 13.0. The summed E-state index contributed by atoms with van der Waals surface area (Å²) in [6, 6.07) is 12.4. The quantitative estimate of drug-likeness (QED) is 0.747. The molecular weight excluding hydrogens is 402 g/mol. The third kappa shape index (κ3) is 3.79. The van der Waals surface area contributed by atoms with Crippen LogP contribution in [-0.4, -0.2) is 45.8 Å². The van der Waals surface area contributed by atoms with Crippen LogP contribution in [0.15, 0.2) is 51.8 Å². The molecule has 0 spiro atoms. The van der Waals surface area contributed by atoms with Crippen LogP contribution in [0.3, 0.4) is 0 Å². The maximum Gasteiger partial charge on any atom is 0.286 e. The molecular formula is C22H25N3O4S. The van der Waals surface area contributed by atoms with E-state index in [0.29, 0.717) is 35.8 Å². The van der Waals surface area contributed by atoms with Crippen LogP contribution in [0.4, 0.5) is 5.69 Å². The Hall–Kier alpha value is -2.87. The molecule has 0 unspecified atom stereocenters. The molecule has 30 heavy (non-hydrogen) atoms. The fourth-order valence-electron chi connectivity index (χ4n) is 3.99. The molecule has 0 aromatic heterocycles. The lowest BCUT2D eigenvalue weighted by Crippen LogP contribution is -2.35. The van der Waals surface area contributed by atoms with Crippen molar-refractivity contribution in [2.75, 3.05) is 25.6 Å². The maximum absolute atomic E-state index is 13.0. The molecule has 0 radical (unpaired) electrons. The molecule has 7 nitrogen and oxygen atoms in total. The Labute approximate surface area is 177 Å². The Bertz CT molecular complexity index is 1110. The van der Waals surface area contributed by atoms with E-state index in [4.69, 9.17) is 4.74 Å². The van der Waals surface area contributed by atoms with Crippen LogP contribution in [0.5, 0.6) is 5.75 Å². The summed E-state index contributed by atoms with van der Waals surface area (Å²) in [7, 11) is -0.546. The van der Waals surface area contributed by atoms with Crippen molar-refractivity contribution in [3.8, 4) is 5.75 Å². The average molecular weight is 428 g/mol. The second kappa shape index (κ2) is 8.10. The fourth-order valence-corrected chi connectivity index (χ4v) is 5.28. The molecule has 4 rings (SSSR count). The first-order chi connectivity index (χ1) is 14.4. The van der Waals surface area contributed by atoms with Gasteiger partial charge in [-0.1, -0.05) is 24.6 Å². The van der Waals surface area contributed by atoms with Gasteiger partial charge in [0.05, 0.1) is 12.8 Å². The minimum Gasteiger partial charge on any atom is -0.496 e. The predicted octanol–water partition coefficient (Wildman–Crippen LogP) is 3.45. The van der Waals surface area contributed by atoms with Gasteiger partial charge in [-0.05, 0) is 37.1 Å². The number of rotatable bonds is 4. The summed E-state index contributed by atoms with van der Waals surface area (Å²) >= 11 is 0. The van der Waals surface area contributed by atoms with Gasteiger partial charge in [0.1, 0.15) is 16.5 Å². The molecule has 1 saturated heterocycles. The summed E-state index contributed by atoms with van der Waals surface area (Å²) in [4.78, 5) is 16.7. The van der Waals surface area contributed by atoms with Gasteiger partial charge in [-0.25, -0.2) is 0 Å². The van der Waals surface area contributed by atoms with Gasteiger partial charge in [0.2, 0.25) is 0 Å². The highest BCUT2D eigenvalue weighted by Gasteiger charge is 2.32.